The predicted molar refractivity (Wildman–Crippen MR) is 115 cm³/mol. The molecule has 0 unspecified atom stereocenters. The highest BCUT2D eigenvalue weighted by Crippen LogP contribution is 2.27. The number of halogens is 1. The van der Waals surface area contributed by atoms with Gasteiger partial charge >= 0.3 is 0 Å². The van der Waals surface area contributed by atoms with Gasteiger partial charge in [0.15, 0.2) is 5.16 Å². The second-order valence-electron chi connectivity index (χ2n) is 5.78. The minimum Gasteiger partial charge on any atom is -0.497 e. The van der Waals surface area contributed by atoms with Gasteiger partial charge in [-0.3, -0.25) is 9.36 Å². The summed E-state index contributed by atoms with van der Waals surface area (Å²) in [6, 6.07) is 17.5. The van der Waals surface area contributed by atoms with E-state index in [1.165, 1.54) is 11.3 Å². The van der Waals surface area contributed by atoms with Gasteiger partial charge in [0.25, 0.3) is 5.56 Å². The molecule has 2 heterocycles. The van der Waals surface area contributed by atoms with Crippen molar-refractivity contribution in [3.8, 4) is 11.4 Å². The Morgan fingerprint density at radius 2 is 1.85 bits per heavy atom. The smallest absolute Gasteiger partial charge is 0.276 e. The lowest BCUT2D eigenvalue weighted by Gasteiger charge is -2.12. The van der Waals surface area contributed by atoms with Crippen LogP contribution in [0.5, 0.6) is 5.75 Å². The molecule has 0 saturated heterocycles. The summed E-state index contributed by atoms with van der Waals surface area (Å²) >= 11 is 6.42. The topological polar surface area (TPSA) is 44.1 Å². The summed E-state index contributed by atoms with van der Waals surface area (Å²) in [5.74, 6) is 1.54. The highest BCUT2D eigenvalue weighted by Gasteiger charge is 2.14. The largest absolute Gasteiger partial charge is 0.497 e. The Bertz CT molecular complexity index is 1140. The number of hydrogen-bond donors (Lipinski definition) is 0. The number of benzene rings is 2. The maximum absolute atomic E-state index is 13.1. The van der Waals surface area contributed by atoms with Gasteiger partial charge in [0.2, 0.25) is 0 Å². The van der Waals surface area contributed by atoms with E-state index in [1.54, 1.807) is 23.4 Å². The van der Waals surface area contributed by atoms with Crippen molar-refractivity contribution in [2.75, 3.05) is 7.11 Å². The molecule has 0 bridgehead atoms. The van der Waals surface area contributed by atoms with Gasteiger partial charge in [-0.1, -0.05) is 39.8 Å². The van der Waals surface area contributed by atoms with E-state index in [0.29, 0.717) is 15.6 Å². The molecular weight excluding hydrogens is 444 g/mol. The van der Waals surface area contributed by atoms with E-state index >= 15 is 0 Å². The van der Waals surface area contributed by atoms with Gasteiger partial charge in [-0.2, -0.15) is 0 Å². The van der Waals surface area contributed by atoms with Gasteiger partial charge in [0.05, 0.1) is 18.3 Å². The van der Waals surface area contributed by atoms with Crippen LogP contribution in [0.2, 0.25) is 0 Å². The van der Waals surface area contributed by atoms with Crippen molar-refractivity contribution in [1.82, 2.24) is 9.55 Å². The summed E-state index contributed by atoms with van der Waals surface area (Å²) in [5, 5.41) is 2.59. The van der Waals surface area contributed by atoms with Crippen molar-refractivity contribution < 1.29 is 4.74 Å². The van der Waals surface area contributed by atoms with Gasteiger partial charge in [0, 0.05) is 10.2 Å². The molecular formula is C20H15BrN2O2S2. The maximum atomic E-state index is 13.1. The quantitative estimate of drug-likeness (QED) is 0.292. The molecule has 4 aromatic rings. The number of thiophene rings is 1. The first-order valence-electron chi connectivity index (χ1n) is 8.17. The normalized spacial score (nSPS) is 11.0. The number of rotatable bonds is 5. The average molecular weight is 459 g/mol. The Kier molecular flexibility index (Phi) is 5.33. The van der Waals surface area contributed by atoms with Gasteiger partial charge in [-0.15, -0.1) is 11.3 Å². The second-order valence-corrected chi connectivity index (χ2v) is 8.56. The average Bonchev–Trinajstić information content (AvgIpc) is 3.17. The summed E-state index contributed by atoms with van der Waals surface area (Å²) < 4.78 is 8.54. The zero-order chi connectivity index (χ0) is 18.8. The molecule has 0 N–H and O–H groups in total. The molecule has 0 amide bonds. The molecule has 27 heavy (non-hydrogen) atoms. The predicted octanol–water partition coefficient (Wildman–Crippen LogP) is 5.51. The van der Waals surface area contributed by atoms with Crippen LogP contribution in [0.4, 0.5) is 0 Å². The number of hydrogen-bond acceptors (Lipinski definition) is 5. The minimum absolute atomic E-state index is 0.0328. The lowest BCUT2D eigenvalue weighted by molar-refractivity contribution is 0.414. The number of nitrogens with zero attached hydrogens (tertiary/aromatic N) is 2. The molecule has 0 spiro atoms. The van der Waals surface area contributed by atoms with Crippen molar-refractivity contribution >= 4 is 49.2 Å². The van der Waals surface area contributed by atoms with Crippen LogP contribution in [0.15, 0.2) is 74.4 Å². The van der Waals surface area contributed by atoms with Crippen LogP contribution >= 0.6 is 39.0 Å². The third kappa shape index (κ3) is 3.81. The summed E-state index contributed by atoms with van der Waals surface area (Å²) in [6.07, 6.45) is 0. The summed E-state index contributed by atoms with van der Waals surface area (Å²) in [5.41, 5.74) is 2.66. The van der Waals surface area contributed by atoms with E-state index in [4.69, 9.17) is 9.72 Å². The van der Waals surface area contributed by atoms with E-state index in [0.717, 1.165) is 27.0 Å². The number of fused-ring (bicyclic) bond motifs is 1. The molecule has 4 nitrogen and oxygen atoms in total. The number of thioether (sulfide) groups is 1. The molecule has 4 rings (SSSR count). The van der Waals surface area contributed by atoms with E-state index in [1.807, 2.05) is 60.0 Å². The van der Waals surface area contributed by atoms with E-state index in [9.17, 15) is 4.79 Å². The standard InChI is InChI=1S/C20H15BrN2O2S2/c1-25-16-8-2-13(3-9-16)12-27-20-22-17-10-11-26-18(17)19(24)23(20)15-6-4-14(21)5-7-15/h2-11H,12H2,1H3. The van der Waals surface area contributed by atoms with Gasteiger partial charge in [-0.25, -0.2) is 4.98 Å². The van der Waals surface area contributed by atoms with Crippen LogP contribution in [0.25, 0.3) is 15.9 Å². The first kappa shape index (κ1) is 18.3. The van der Waals surface area contributed by atoms with Crippen LogP contribution in [0.1, 0.15) is 5.56 Å². The van der Waals surface area contributed by atoms with Crippen LogP contribution in [-0.2, 0) is 5.75 Å². The van der Waals surface area contributed by atoms with Crippen LogP contribution in [0, 0.1) is 0 Å². The molecule has 0 aliphatic carbocycles. The monoisotopic (exact) mass is 458 g/mol. The van der Waals surface area contributed by atoms with Crippen molar-refractivity contribution in [1.29, 1.82) is 0 Å². The number of ether oxygens (including phenoxy) is 1. The van der Waals surface area contributed by atoms with Crippen LogP contribution in [-0.4, -0.2) is 16.7 Å². The zero-order valence-electron chi connectivity index (χ0n) is 14.4. The molecule has 0 radical (unpaired) electrons. The summed E-state index contributed by atoms with van der Waals surface area (Å²) in [7, 11) is 1.65. The molecule has 2 aromatic heterocycles. The Morgan fingerprint density at radius 3 is 2.56 bits per heavy atom. The summed E-state index contributed by atoms with van der Waals surface area (Å²) in [4.78, 5) is 17.8. The molecule has 0 fully saturated rings. The lowest BCUT2D eigenvalue weighted by atomic mass is 10.2. The van der Waals surface area contributed by atoms with Crippen molar-refractivity contribution in [3.63, 3.8) is 0 Å². The van der Waals surface area contributed by atoms with Crippen LogP contribution in [0.3, 0.4) is 0 Å². The van der Waals surface area contributed by atoms with Gasteiger partial charge in [-0.05, 0) is 53.4 Å². The minimum atomic E-state index is -0.0328. The van der Waals surface area contributed by atoms with Gasteiger partial charge in [0.1, 0.15) is 10.4 Å². The van der Waals surface area contributed by atoms with E-state index in [-0.39, 0.29) is 5.56 Å². The maximum Gasteiger partial charge on any atom is 0.276 e. The lowest BCUT2D eigenvalue weighted by Crippen LogP contribution is -2.20. The SMILES string of the molecule is COc1ccc(CSc2nc3ccsc3c(=O)n2-c2ccc(Br)cc2)cc1. The van der Waals surface area contributed by atoms with Crippen molar-refractivity contribution in [2.24, 2.45) is 0 Å². The highest BCUT2D eigenvalue weighted by atomic mass is 79.9. The Hall–Kier alpha value is -2.09. The highest BCUT2D eigenvalue weighted by molar-refractivity contribution is 9.10. The molecule has 2 aromatic carbocycles. The first-order valence-corrected chi connectivity index (χ1v) is 10.8. The Balaban J connectivity index is 1.74. The fourth-order valence-corrected chi connectivity index (χ4v) is 4.67. The molecule has 0 aliphatic rings. The fourth-order valence-electron chi connectivity index (χ4n) is 2.68. The molecule has 0 aliphatic heterocycles. The van der Waals surface area contributed by atoms with Crippen LogP contribution < -0.4 is 10.3 Å². The molecule has 136 valence electrons. The third-order valence-corrected chi connectivity index (χ3v) is 6.49. The Labute approximate surface area is 173 Å². The second kappa shape index (κ2) is 7.88. The zero-order valence-corrected chi connectivity index (χ0v) is 17.6. The van der Waals surface area contributed by atoms with Gasteiger partial charge < -0.3 is 4.74 Å². The number of aromatic nitrogens is 2. The fraction of sp³-hybridized carbons (Fsp3) is 0.100. The first-order chi connectivity index (χ1) is 13.2. The molecule has 7 heteroatoms. The summed E-state index contributed by atoms with van der Waals surface area (Å²) in [6.45, 7) is 0. The molecule has 0 atom stereocenters. The third-order valence-electron chi connectivity index (χ3n) is 4.06. The molecule has 0 saturated carbocycles. The number of methoxy groups -OCH3 is 1. The van der Waals surface area contributed by atoms with Crippen molar-refractivity contribution in [3.05, 3.63) is 80.4 Å². The van der Waals surface area contributed by atoms with Crippen molar-refractivity contribution in [2.45, 2.75) is 10.9 Å². The van der Waals surface area contributed by atoms with E-state index in [2.05, 4.69) is 15.9 Å². The van der Waals surface area contributed by atoms with E-state index < -0.39 is 0 Å². The Morgan fingerprint density at radius 1 is 1.11 bits per heavy atom.